The first-order chi connectivity index (χ1) is 15.3. The van der Waals surface area contributed by atoms with Gasteiger partial charge in [0.25, 0.3) is 0 Å². The summed E-state index contributed by atoms with van der Waals surface area (Å²) in [4.78, 5) is 13.8. The van der Waals surface area contributed by atoms with Crippen LogP contribution >= 0.6 is 0 Å². The van der Waals surface area contributed by atoms with Crippen LogP contribution in [0.3, 0.4) is 0 Å². The van der Waals surface area contributed by atoms with Gasteiger partial charge in [0.15, 0.2) is 14.1 Å². The van der Waals surface area contributed by atoms with Crippen LogP contribution in [0.5, 0.6) is 0 Å². The number of hydrogen-bond donors (Lipinski definition) is 1. The van der Waals surface area contributed by atoms with E-state index in [1.54, 1.807) is 0 Å². The van der Waals surface area contributed by atoms with Gasteiger partial charge in [-0.25, -0.2) is 0 Å². The van der Waals surface area contributed by atoms with E-state index in [4.69, 9.17) is 13.9 Å². The van der Waals surface area contributed by atoms with E-state index in [2.05, 4.69) is 47.7 Å². The molecule has 0 amide bonds. The van der Waals surface area contributed by atoms with Crippen LogP contribution < -0.4 is 0 Å². The van der Waals surface area contributed by atoms with E-state index in [1.165, 1.54) is 0 Å². The number of hydrogen-bond acceptors (Lipinski definition) is 5. The second kappa shape index (κ2) is 8.69. The summed E-state index contributed by atoms with van der Waals surface area (Å²) >= 11 is 0. The molecule has 3 aliphatic carbocycles. The Bertz CT molecular complexity index is 739. The smallest absolute Gasteiger partial charge is 0.192 e. The zero-order valence-corrected chi connectivity index (χ0v) is 23.2. The molecule has 4 aliphatic rings. The van der Waals surface area contributed by atoms with Crippen LogP contribution in [0.1, 0.15) is 86.0 Å². The van der Waals surface area contributed by atoms with Crippen LogP contribution in [-0.2, 0) is 18.7 Å². The average Bonchev–Trinajstić information content (AvgIpc) is 3.31. The minimum Gasteiger partial charge on any atom is -0.413 e. The van der Waals surface area contributed by atoms with Gasteiger partial charge < -0.3 is 19.0 Å². The summed E-state index contributed by atoms with van der Waals surface area (Å²) in [6.07, 6.45) is 7.31. The molecular weight excluding hydrogens is 432 g/mol. The van der Waals surface area contributed by atoms with Crippen LogP contribution in [0.2, 0.25) is 18.1 Å². The molecule has 0 radical (unpaired) electrons. The van der Waals surface area contributed by atoms with Crippen LogP contribution in [-0.4, -0.2) is 50.9 Å². The molecule has 6 heteroatoms. The summed E-state index contributed by atoms with van der Waals surface area (Å²) in [5.74, 6) is 1.03. The lowest BCUT2D eigenvalue weighted by Crippen LogP contribution is -2.56. The lowest BCUT2D eigenvalue weighted by atomic mass is 9.50. The molecule has 0 bridgehead atoms. The van der Waals surface area contributed by atoms with Crippen molar-refractivity contribution in [3.8, 4) is 0 Å². The predicted molar refractivity (Wildman–Crippen MR) is 132 cm³/mol. The fraction of sp³-hybridized carbons (Fsp3) is 0.963. The Morgan fingerprint density at radius 2 is 1.67 bits per heavy atom. The molecule has 33 heavy (non-hydrogen) atoms. The highest BCUT2D eigenvalue weighted by atomic mass is 28.4. The fourth-order valence-corrected chi connectivity index (χ4v) is 9.13. The predicted octanol–water partition coefficient (Wildman–Crippen LogP) is 5.70. The maximum absolute atomic E-state index is 13.8. The molecule has 1 N–H and O–H groups in total. The van der Waals surface area contributed by atoms with E-state index in [1.807, 2.05) is 0 Å². The van der Waals surface area contributed by atoms with Crippen molar-refractivity contribution in [1.29, 1.82) is 0 Å². The summed E-state index contributed by atoms with van der Waals surface area (Å²) in [5, 5.41) is 10.2. The molecule has 0 aromatic rings. The Morgan fingerprint density at radius 1 is 1.03 bits per heavy atom. The molecule has 1 spiro atoms. The van der Waals surface area contributed by atoms with E-state index in [9.17, 15) is 9.90 Å². The molecule has 6 atom stereocenters. The Morgan fingerprint density at radius 3 is 2.24 bits per heavy atom. The number of Topliss-reactive ketones (excluding diaryl/α,β-unsaturated/α-hetero) is 1. The summed E-state index contributed by atoms with van der Waals surface area (Å²) in [5.41, 5.74) is -0.344. The third-order valence-electron chi connectivity index (χ3n) is 10.8. The van der Waals surface area contributed by atoms with Gasteiger partial charge in [0, 0.05) is 30.3 Å². The zero-order valence-electron chi connectivity index (χ0n) is 22.2. The molecule has 3 saturated carbocycles. The van der Waals surface area contributed by atoms with Crippen molar-refractivity contribution in [2.24, 2.45) is 28.6 Å². The van der Waals surface area contributed by atoms with Crippen molar-refractivity contribution < 1.29 is 23.8 Å². The van der Waals surface area contributed by atoms with Gasteiger partial charge >= 0.3 is 0 Å². The first kappa shape index (κ1) is 25.8. The van der Waals surface area contributed by atoms with Gasteiger partial charge in [-0.1, -0.05) is 34.6 Å². The quantitative estimate of drug-likeness (QED) is 0.511. The average molecular weight is 481 g/mol. The first-order valence-electron chi connectivity index (χ1n) is 13.4. The Kier molecular flexibility index (Phi) is 6.79. The highest BCUT2D eigenvalue weighted by Crippen LogP contribution is 2.66. The third kappa shape index (κ3) is 4.10. The number of aliphatic hydroxyl groups is 1. The van der Waals surface area contributed by atoms with E-state index in [-0.39, 0.29) is 28.6 Å². The zero-order chi connectivity index (χ0) is 24.3. The van der Waals surface area contributed by atoms with Gasteiger partial charge in [-0.3, -0.25) is 4.79 Å². The van der Waals surface area contributed by atoms with Crippen LogP contribution in [0.25, 0.3) is 0 Å². The molecule has 190 valence electrons. The maximum atomic E-state index is 13.8. The topological polar surface area (TPSA) is 65.0 Å². The van der Waals surface area contributed by atoms with Crippen molar-refractivity contribution in [3.05, 3.63) is 0 Å². The van der Waals surface area contributed by atoms with Crippen molar-refractivity contribution in [2.45, 2.75) is 116 Å². The summed E-state index contributed by atoms with van der Waals surface area (Å²) in [6.45, 7) is 17.5. The van der Waals surface area contributed by atoms with Crippen LogP contribution in [0, 0.1) is 28.6 Å². The number of carbonyl (C=O) groups excluding carboxylic acids is 1. The normalized spacial score (nSPS) is 41.5. The first-order valence-corrected chi connectivity index (χ1v) is 16.3. The molecule has 4 unspecified atom stereocenters. The number of rotatable bonds is 5. The number of aliphatic hydroxyl groups excluding tert-OH is 1. The summed E-state index contributed by atoms with van der Waals surface area (Å²) < 4.78 is 19.2. The number of carbonyl (C=O) groups is 1. The van der Waals surface area contributed by atoms with Crippen LogP contribution in [0.4, 0.5) is 0 Å². The lowest BCUT2D eigenvalue weighted by Gasteiger charge is -2.56. The van der Waals surface area contributed by atoms with Gasteiger partial charge in [-0.2, -0.15) is 0 Å². The van der Waals surface area contributed by atoms with E-state index in [0.29, 0.717) is 43.2 Å². The summed E-state index contributed by atoms with van der Waals surface area (Å²) in [7, 11) is -1.89. The van der Waals surface area contributed by atoms with Gasteiger partial charge in [-0.15, -0.1) is 0 Å². The Balaban J connectivity index is 1.52. The minimum absolute atomic E-state index is 0.0259. The summed E-state index contributed by atoms with van der Waals surface area (Å²) in [6, 6.07) is 0. The molecule has 4 rings (SSSR count). The molecule has 1 saturated heterocycles. The standard InChI is InChI=1S/C27H48O5Si/c1-24(2,3)33(6,7)32-19-8-12-25(4,23(29)18-19)21-9-13-26(5)22(20(21)11-15-28)10-14-27(26)30-16-17-31-27/h19-22,28H,8-18H2,1-7H3/t19?,20?,21?,22?,25-,26+/m1/s1. The third-order valence-corrected chi connectivity index (χ3v) is 15.4. The van der Waals surface area contributed by atoms with Crippen LogP contribution in [0.15, 0.2) is 0 Å². The fourth-order valence-electron chi connectivity index (χ4n) is 7.74. The Labute approximate surface area is 202 Å². The molecular formula is C27H48O5Si. The van der Waals surface area contributed by atoms with E-state index >= 15 is 0 Å². The molecule has 1 heterocycles. The highest BCUT2D eigenvalue weighted by molar-refractivity contribution is 6.74. The SMILES string of the molecule is CC(C)(C)[Si](C)(C)OC1CC[C@](C)(C2CC[C@@]3(C)C(CCC34OCCO4)C2CCO)C(=O)C1. The lowest BCUT2D eigenvalue weighted by molar-refractivity contribution is -0.242. The van der Waals surface area contributed by atoms with Gasteiger partial charge in [0.05, 0.1) is 19.3 Å². The number of ketones is 1. The van der Waals surface area contributed by atoms with Crippen molar-refractivity contribution in [1.82, 2.24) is 0 Å². The maximum Gasteiger partial charge on any atom is 0.192 e. The van der Waals surface area contributed by atoms with Crippen molar-refractivity contribution in [3.63, 3.8) is 0 Å². The van der Waals surface area contributed by atoms with Crippen molar-refractivity contribution in [2.75, 3.05) is 19.8 Å². The second-order valence-electron chi connectivity index (χ2n) is 13.4. The monoisotopic (exact) mass is 480 g/mol. The van der Waals surface area contributed by atoms with Gasteiger partial charge in [0.1, 0.15) is 5.78 Å². The molecule has 0 aromatic carbocycles. The number of ether oxygens (including phenoxy) is 2. The highest BCUT2D eigenvalue weighted by Gasteiger charge is 2.66. The molecule has 4 fully saturated rings. The molecule has 5 nitrogen and oxygen atoms in total. The van der Waals surface area contributed by atoms with Crippen molar-refractivity contribution >= 4 is 14.1 Å². The van der Waals surface area contributed by atoms with Gasteiger partial charge in [0.2, 0.25) is 0 Å². The Hall–Kier alpha value is -0.273. The largest absolute Gasteiger partial charge is 0.413 e. The second-order valence-corrected chi connectivity index (χ2v) is 18.2. The molecule has 0 aromatic heterocycles. The van der Waals surface area contributed by atoms with E-state index < -0.39 is 14.1 Å². The molecule has 1 aliphatic heterocycles. The van der Waals surface area contributed by atoms with E-state index in [0.717, 1.165) is 44.9 Å². The minimum atomic E-state index is -1.89. The number of fused-ring (bicyclic) bond motifs is 2. The van der Waals surface area contributed by atoms with Gasteiger partial charge in [-0.05, 0) is 74.4 Å².